The monoisotopic (exact) mass is 278 g/mol. The minimum atomic E-state index is -2.55. The summed E-state index contributed by atoms with van der Waals surface area (Å²) in [5, 5.41) is 0. The normalized spacial score (nSPS) is 19.2. The van der Waals surface area contributed by atoms with E-state index in [9.17, 15) is 8.42 Å². The summed E-state index contributed by atoms with van der Waals surface area (Å²) in [7, 11) is -2.55. The van der Waals surface area contributed by atoms with Gasteiger partial charge in [0.2, 0.25) is 0 Å². The highest BCUT2D eigenvalue weighted by Gasteiger charge is 2.16. The van der Waals surface area contributed by atoms with Gasteiger partial charge in [-0.1, -0.05) is 41.5 Å². The molecule has 0 saturated carbocycles. The number of hydrogen-bond acceptors (Lipinski definition) is 3. The molecule has 110 valence electrons. The molecule has 1 aliphatic rings. The van der Waals surface area contributed by atoms with E-state index in [0.717, 1.165) is 26.1 Å². The van der Waals surface area contributed by atoms with Crippen LogP contribution in [-0.2, 0) is 14.6 Å². The van der Waals surface area contributed by atoms with E-state index in [2.05, 4.69) is 41.5 Å². The van der Waals surface area contributed by atoms with E-state index < -0.39 is 9.84 Å². The van der Waals surface area contributed by atoms with Crippen molar-refractivity contribution in [3.8, 4) is 0 Å². The number of rotatable bonds is 2. The van der Waals surface area contributed by atoms with Crippen LogP contribution in [0.2, 0.25) is 0 Å². The Morgan fingerprint density at radius 3 is 1.33 bits per heavy atom. The van der Waals surface area contributed by atoms with Crippen LogP contribution in [0.4, 0.5) is 0 Å². The molecule has 1 fully saturated rings. The molecule has 18 heavy (non-hydrogen) atoms. The lowest BCUT2D eigenvalue weighted by atomic mass is 9.97. The SMILES string of the molecule is CC(C)(C)COCC(C)(C)C.O=S1(=O)CCCC1. The van der Waals surface area contributed by atoms with Crippen molar-refractivity contribution in [3.05, 3.63) is 0 Å². The molecule has 0 radical (unpaired) electrons. The third-order valence-electron chi connectivity index (χ3n) is 2.23. The predicted octanol–water partition coefficient (Wildman–Crippen LogP) is 3.29. The van der Waals surface area contributed by atoms with Crippen molar-refractivity contribution in [2.75, 3.05) is 24.7 Å². The molecule has 0 unspecified atom stereocenters. The first kappa shape index (κ1) is 17.9. The summed E-state index contributed by atoms with van der Waals surface area (Å²) >= 11 is 0. The zero-order valence-electron chi connectivity index (χ0n) is 12.9. The van der Waals surface area contributed by atoms with Gasteiger partial charge in [0.25, 0.3) is 0 Å². The molecule has 1 saturated heterocycles. The van der Waals surface area contributed by atoms with Gasteiger partial charge in [-0.3, -0.25) is 0 Å². The molecule has 0 bridgehead atoms. The summed E-state index contributed by atoms with van der Waals surface area (Å²) in [6.07, 6.45) is 1.75. The fraction of sp³-hybridized carbons (Fsp3) is 1.00. The van der Waals surface area contributed by atoms with Crippen molar-refractivity contribution in [1.29, 1.82) is 0 Å². The minimum absolute atomic E-state index is 0.297. The summed E-state index contributed by atoms with van der Waals surface area (Å²) in [6.45, 7) is 14.8. The molecule has 1 aliphatic heterocycles. The van der Waals surface area contributed by atoms with Gasteiger partial charge in [-0.15, -0.1) is 0 Å². The van der Waals surface area contributed by atoms with Crippen LogP contribution in [0.1, 0.15) is 54.4 Å². The topological polar surface area (TPSA) is 43.4 Å². The molecule has 0 aromatic rings. The van der Waals surface area contributed by atoms with Crippen LogP contribution in [0, 0.1) is 10.8 Å². The van der Waals surface area contributed by atoms with Crippen LogP contribution >= 0.6 is 0 Å². The molecule has 0 aromatic carbocycles. The molecule has 0 N–H and O–H groups in total. The highest BCUT2D eigenvalue weighted by atomic mass is 32.2. The standard InChI is InChI=1S/C10H22O.C4H8O2S/c1-9(2,3)7-11-8-10(4,5)6;5-7(6)3-1-2-4-7/h7-8H2,1-6H3;1-4H2. The number of sulfone groups is 1. The summed E-state index contributed by atoms with van der Waals surface area (Å²) in [5.74, 6) is 0.847. The van der Waals surface area contributed by atoms with Crippen LogP contribution in [0.5, 0.6) is 0 Å². The number of hydrogen-bond donors (Lipinski definition) is 0. The van der Waals surface area contributed by atoms with E-state index in [1.54, 1.807) is 0 Å². The van der Waals surface area contributed by atoms with E-state index >= 15 is 0 Å². The van der Waals surface area contributed by atoms with Gasteiger partial charge < -0.3 is 4.74 Å². The number of ether oxygens (including phenoxy) is 1. The van der Waals surface area contributed by atoms with Gasteiger partial charge in [-0.25, -0.2) is 8.42 Å². The molecule has 0 spiro atoms. The van der Waals surface area contributed by atoms with Crippen molar-refractivity contribution in [3.63, 3.8) is 0 Å². The smallest absolute Gasteiger partial charge is 0.150 e. The summed E-state index contributed by atoms with van der Waals surface area (Å²) in [4.78, 5) is 0. The maximum atomic E-state index is 10.4. The zero-order chi connectivity index (χ0) is 14.4. The molecule has 1 heterocycles. The lowest BCUT2D eigenvalue weighted by Gasteiger charge is -2.23. The third kappa shape index (κ3) is 12.4. The molecule has 0 aromatic heterocycles. The van der Waals surface area contributed by atoms with Crippen LogP contribution in [0.25, 0.3) is 0 Å². The first-order valence-corrected chi connectivity index (χ1v) is 8.52. The van der Waals surface area contributed by atoms with Crippen LogP contribution in [-0.4, -0.2) is 33.1 Å². The Bertz CT molecular complexity index is 292. The molecule has 0 atom stereocenters. The van der Waals surface area contributed by atoms with Gasteiger partial charge in [0.15, 0.2) is 0 Å². The Morgan fingerprint density at radius 2 is 1.17 bits per heavy atom. The van der Waals surface area contributed by atoms with Crippen molar-refractivity contribution in [2.45, 2.75) is 54.4 Å². The second-order valence-electron chi connectivity index (χ2n) is 7.47. The molecular weight excluding hydrogens is 248 g/mol. The van der Waals surface area contributed by atoms with Gasteiger partial charge in [0.05, 0.1) is 24.7 Å². The average Bonchev–Trinajstić information content (AvgIpc) is 2.46. The summed E-state index contributed by atoms with van der Waals surface area (Å²) in [6, 6.07) is 0. The lowest BCUT2D eigenvalue weighted by Crippen LogP contribution is -2.21. The van der Waals surface area contributed by atoms with Crippen LogP contribution in [0.15, 0.2) is 0 Å². The molecular formula is C14H30O3S. The predicted molar refractivity (Wildman–Crippen MR) is 77.6 cm³/mol. The van der Waals surface area contributed by atoms with Gasteiger partial charge in [-0.2, -0.15) is 0 Å². The lowest BCUT2D eigenvalue weighted by molar-refractivity contribution is 0.0275. The highest BCUT2D eigenvalue weighted by Crippen LogP contribution is 2.17. The van der Waals surface area contributed by atoms with Crippen LogP contribution in [0.3, 0.4) is 0 Å². The summed E-state index contributed by atoms with van der Waals surface area (Å²) in [5.41, 5.74) is 0.594. The average molecular weight is 278 g/mol. The Morgan fingerprint density at radius 1 is 0.833 bits per heavy atom. The van der Waals surface area contributed by atoms with E-state index in [4.69, 9.17) is 4.74 Å². The Kier molecular flexibility index (Phi) is 6.86. The molecule has 4 heteroatoms. The van der Waals surface area contributed by atoms with Gasteiger partial charge in [0.1, 0.15) is 9.84 Å². The molecule has 1 rings (SSSR count). The van der Waals surface area contributed by atoms with E-state index in [-0.39, 0.29) is 0 Å². The zero-order valence-corrected chi connectivity index (χ0v) is 13.7. The largest absolute Gasteiger partial charge is 0.380 e. The van der Waals surface area contributed by atoms with Gasteiger partial charge in [-0.05, 0) is 23.7 Å². The maximum Gasteiger partial charge on any atom is 0.150 e. The van der Waals surface area contributed by atoms with Crippen molar-refractivity contribution in [1.82, 2.24) is 0 Å². The van der Waals surface area contributed by atoms with Crippen molar-refractivity contribution in [2.24, 2.45) is 10.8 Å². The maximum absolute atomic E-state index is 10.4. The first-order valence-electron chi connectivity index (χ1n) is 6.70. The van der Waals surface area contributed by atoms with E-state index in [0.29, 0.717) is 22.3 Å². The minimum Gasteiger partial charge on any atom is -0.380 e. The Labute approximate surface area is 113 Å². The quantitative estimate of drug-likeness (QED) is 0.778. The summed E-state index contributed by atoms with van der Waals surface area (Å²) < 4.78 is 26.4. The highest BCUT2D eigenvalue weighted by molar-refractivity contribution is 7.91. The second kappa shape index (κ2) is 6.90. The van der Waals surface area contributed by atoms with E-state index in [1.165, 1.54) is 0 Å². The molecule has 3 nitrogen and oxygen atoms in total. The fourth-order valence-electron chi connectivity index (χ4n) is 1.41. The van der Waals surface area contributed by atoms with Gasteiger partial charge >= 0.3 is 0 Å². The van der Waals surface area contributed by atoms with Gasteiger partial charge in [0, 0.05) is 0 Å². The Balaban J connectivity index is 0.000000351. The van der Waals surface area contributed by atoms with Crippen molar-refractivity contribution < 1.29 is 13.2 Å². The van der Waals surface area contributed by atoms with E-state index in [1.807, 2.05) is 0 Å². The second-order valence-corrected chi connectivity index (χ2v) is 9.78. The Hall–Kier alpha value is -0.0900. The van der Waals surface area contributed by atoms with Crippen molar-refractivity contribution >= 4 is 9.84 Å². The fourth-order valence-corrected chi connectivity index (χ4v) is 2.90. The third-order valence-corrected chi connectivity index (χ3v) is 4.05. The first-order chi connectivity index (χ1) is 7.91. The molecule has 0 amide bonds. The van der Waals surface area contributed by atoms with Crippen LogP contribution < -0.4 is 0 Å². The molecule has 0 aliphatic carbocycles.